The molecule has 0 spiro atoms. The van der Waals surface area contributed by atoms with Crippen LogP contribution in [-0.2, 0) is 9.53 Å². The smallest absolute Gasteiger partial charge is 0.339 e. The van der Waals surface area contributed by atoms with E-state index in [1.54, 1.807) is 36.4 Å². The number of benzene rings is 2. The summed E-state index contributed by atoms with van der Waals surface area (Å²) >= 11 is 0. The van der Waals surface area contributed by atoms with Gasteiger partial charge in [0, 0.05) is 31.2 Å². The van der Waals surface area contributed by atoms with E-state index in [1.165, 1.54) is 0 Å². The zero-order valence-corrected chi connectivity index (χ0v) is 13.9. The Morgan fingerprint density at radius 1 is 1.12 bits per heavy atom. The van der Waals surface area contributed by atoms with Crippen molar-refractivity contribution in [3.63, 3.8) is 0 Å². The van der Waals surface area contributed by atoms with Crippen LogP contribution in [0, 0.1) is 0 Å². The quantitative estimate of drug-likeness (QED) is 0.867. The number of anilines is 1. The standard InChI is InChI=1S/C19H17NO5/c1-19(2)24-14-8-7-11(9-16(14)25-19)20-17(21)10-15-12-5-3-4-6-13(12)18(22)23-15/h3-9,15H,10H2,1-2H3,(H,20,21). The molecule has 2 aliphatic heterocycles. The van der Waals surface area contributed by atoms with Crippen molar-refractivity contribution in [2.45, 2.75) is 32.2 Å². The lowest BCUT2D eigenvalue weighted by Gasteiger charge is -2.16. The van der Waals surface area contributed by atoms with E-state index in [0.717, 1.165) is 5.56 Å². The first-order valence-corrected chi connectivity index (χ1v) is 8.03. The minimum atomic E-state index is -0.716. The largest absolute Gasteiger partial charge is 0.453 e. The van der Waals surface area contributed by atoms with Gasteiger partial charge in [0.15, 0.2) is 11.5 Å². The summed E-state index contributed by atoms with van der Waals surface area (Å²) in [5.41, 5.74) is 1.86. The van der Waals surface area contributed by atoms with Crippen molar-refractivity contribution < 1.29 is 23.8 Å². The van der Waals surface area contributed by atoms with Crippen molar-refractivity contribution in [2.75, 3.05) is 5.32 Å². The molecule has 0 radical (unpaired) electrons. The van der Waals surface area contributed by atoms with Gasteiger partial charge in [0.25, 0.3) is 0 Å². The van der Waals surface area contributed by atoms with Gasteiger partial charge in [-0.1, -0.05) is 18.2 Å². The van der Waals surface area contributed by atoms with Crippen molar-refractivity contribution in [3.05, 3.63) is 53.6 Å². The highest BCUT2D eigenvalue weighted by Crippen LogP contribution is 2.41. The van der Waals surface area contributed by atoms with Crippen LogP contribution in [0.25, 0.3) is 0 Å². The molecule has 2 aromatic carbocycles. The number of hydrogen-bond donors (Lipinski definition) is 1. The second kappa shape index (κ2) is 5.51. The molecule has 4 rings (SSSR count). The molecule has 0 aromatic heterocycles. The first-order chi connectivity index (χ1) is 11.9. The second-order valence-electron chi connectivity index (χ2n) is 6.50. The monoisotopic (exact) mass is 339 g/mol. The Labute approximate surface area is 144 Å². The predicted molar refractivity (Wildman–Crippen MR) is 89.6 cm³/mol. The maximum Gasteiger partial charge on any atom is 0.339 e. The van der Waals surface area contributed by atoms with Crippen molar-refractivity contribution in [2.24, 2.45) is 0 Å². The predicted octanol–water partition coefficient (Wildman–Crippen LogP) is 3.43. The molecule has 2 aromatic rings. The van der Waals surface area contributed by atoms with Gasteiger partial charge in [-0.25, -0.2) is 4.79 Å². The Morgan fingerprint density at radius 3 is 2.72 bits per heavy atom. The average Bonchev–Trinajstić information content (AvgIpc) is 3.03. The van der Waals surface area contributed by atoms with Crippen LogP contribution < -0.4 is 14.8 Å². The van der Waals surface area contributed by atoms with Crippen LogP contribution in [0.5, 0.6) is 11.5 Å². The molecule has 0 bridgehead atoms. The molecule has 0 saturated carbocycles. The van der Waals surface area contributed by atoms with Gasteiger partial charge < -0.3 is 19.5 Å². The molecule has 0 aliphatic carbocycles. The van der Waals surface area contributed by atoms with Crippen LogP contribution >= 0.6 is 0 Å². The van der Waals surface area contributed by atoms with Gasteiger partial charge in [-0.2, -0.15) is 0 Å². The Kier molecular flexibility index (Phi) is 3.42. The fourth-order valence-corrected chi connectivity index (χ4v) is 3.05. The number of hydrogen-bond acceptors (Lipinski definition) is 5. The lowest BCUT2D eigenvalue weighted by Crippen LogP contribution is -2.29. The second-order valence-corrected chi connectivity index (χ2v) is 6.50. The molecular formula is C19H17NO5. The number of nitrogens with one attached hydrogen (secondary N) is 1. The van der Waals surface area contributed by atoms with Crippen LogP contribution in [0.15, 0.2) is 42.5 Å². The maximum absolute atomic E-state index is 12.3. The minimum absolute atomic E-state index is 0.0582. The van der Waals surface area contributed by atoms with Gasteiger partial charge in [0.1, 0.15) is 6.10 Å². The summed E-state index contributed by atoms with van der Waals surface area (Å²) in [6, 6.07) is 12.3. The van der Waals surface area contributed by atoms with E-state index in [0.29, 0.717) is 22.7 Å². The summed E-state index contributed by atoms with van der Waals surface area (Å²) < 4.78 is 16.6. The number of carbonyl (C=O) groups is 2. The number of amides is 1. The Balaban J connectivity index is 1.45. The highest BCUT2D eigenvalue weighted by Gasteiger charge is 2.33. The summed E-state index contributed by atoms with van der Waals surface area (Å²) in [6.45, 7) is 3.63. The SMILES string of the molecule is CC1(C)Oc2ccc(NC(=O)CC3OC(=O)c4ccccc43)cc2O1. The van der Waals surface area contributed by atoms with Crippen molar-refractivity contribution in [1.82, 2.24) is 0 Å². The molecular weight excluding hydrogens is 322 g/mol. The highest BCUT2D eigenvalue weighted by atomic mass is 16.7. The fraction of sp³-hybridized carbons (Fsp3) is 0.263. The van der Waals surface area contributed by atoms with E-state index in [2.05, 4.69) is 5.32 Å². The number of rotatable bonds is 3. The lowest BCUT2D eigenvalue weighted by molar-refractivity contribution is -0.118. The zero-order valence-electron chi connectivity index (χ0n) is 13.9. The molecule has 25 heavy (non-hydrogen) atoms. The molecule has 1 atom stereocenters. The summed E-state index contributed by atoms with van der Waals surface area (Å²) in [7, 11) is 0. The van der Waals surface area contributed by atoms with Gasteiger partial charge in [0.05, 0.1) is 12.0 Å². The number of carbonyl (C=O) groups excluding carboxylic acids is 2. The zero-order chi connectivity index (χ0) is 17.6. The summed E-state index contributed by atoms with van der Waals surface area (Å²) in [4.78, 5) is 24.2. The van der Waals surface area contributed by atoms with Crippen molar-refractivity contribution in [1.29, 1.82) is 0 Å². The number of esters is 1. The van der Waals surface area contributed by atoms with E-state index in [1.807, 2.05) is 19.9 Å². The van der Waals surface area contributed by atoms with Crippen molar-refractivity contribution in [3.8, 4) is 11.5 Å². The van der Waals surface area contributed by atoms with E-state index >= 15 is 0 Å². The molecule has 2 aliphatic rings. The van der Waals surface area contributed by atoms with Gasteiger partial charge in [-0.15, -0.1) is 0 Å². The first-order valence-electron chi connectivity index (χ1n) is 8.03. The summed E-state index contributed by atoms with van der Waals surface area (Å²) in [6.07, 6.45) is -0.500. The molecule has 0 fully saturated rings. The molecule has 2 heterocycles. The molecule has 128 valence electrons. The van der Waals surface area contributed by atoms with E-state index in [9.17, 15) is 9.59 Å². The summed E-state index contributed by atoms with van der Waals surface area (Å²) in [5, 5.41) is 2.81. The van der Waals surface area contributed by atoms with Crippen LogP contribution in [0.1, 0.15) is 42.3 Å². The molecule has 1 amide bonds. The Hall–Kier alpha value is -3.02. The van der Waals surface area contributed by atoms with Crippen LogP contribution in [0.4, 0.5) is 5.69 Å². The third-order valence-electron chi connectivity index (χ3n) is 4.09. The molecule has 6 nitrogen and oxygen atoms in total. The van der Waals surface area contributed by atoms with Crippen molar-refractivity contribution >= 4 is 17.6 Å². The number of fused-ring (bicyclic) bond motifs is 2. The molecule has 1 N–H and O–H groups in total. The summed E-state index contributed by atoms with van der Waals surface area (Å²) in [5.74, 6) is -0.124. The van der Waals surface area contributed by atoms with Gasteiger partial charge in [-0.3, -0.25) is 4.79 Å². The Morgan fingerprint density at radius 2 is 1.88 bits per heavy atom. The van der Waals surface area contributed by atoms with Crippen LogP contribution in [-0.4, -0.2) is 17.7 Å². The Bertz CT molecular complexity index is 874. The fourth-order valence-electron chi connectivity index (χ4n) is 3.05. The van der Waals surface area contributed by atoms with Gasteiger partial charge in [-0.05, 0) is 18.2 Å². The third kappa shape index (κ3) is 2.91. The molecule has 0 saturated heterocycles. The van der Waals surface area contributed by atoms with Crippen LogP contribution in [0.3, 0.4) is 0 Å². The van der Waals surface area contributed by atoms with Crippen LogP contribution in [0.2, 0.25) is 0 Å². The maximum atomic E-state index is 12.3. The van der Waals surface area contributed by atoms with E-state index in [4.69, 9.17) is 14.2 Å². The minimum Gasteiger partial charge on any atom is -0.453 e. The van der Waals surface area contributed by atoms with Gasteiger partial charge >= 0.3 is 5.97 Å². The number of ether oxygens (including phenoxy) is 3. The average molecular weight is 339 g/mol. The number of cyclic esters (lactones) is 1. The third-order valence-corrected chi connectivity index (χ3v) is 4.09. The van der Waals surface area contributed by atoms with E-state index < -0.39 is 17.9 Å². The normalized spacial score (nSPS) is 19.3. The highest BCUT2D eigenvalue weighted by molar-refractivity contribution is 5.96. The topological polar surface area (TPSA) is 73.9 Å². The molecule has 1 unspecified atom stereocenters. The lowest BCUT2D eigenvalue weighted by atomic mass is 10.0. The van der Waals surface area contributed by atoms with Gasteiger partial charge in [0.2, 0.25) is 11.7 Å². The van der Waals surface area contributed by atoms with E-state index in [-0.39, 0.29) is 12.3 Å². The molecule has 6 heteroatoms. The first kappa shape index (κ1) is 15.5.